The highest BCUT2D eigenvalue weighted by molar-refractivity contribution is 6.31. The second kappa shape index (κ2) is 9.80. The number of amides is 1. The van der Waals surface area contributed by atoms with Crippen LogP contribution in [0, 0.1) is 11.6 Å². The van der Waals surface area contributed by atoms with Gasteiger partial charge in [0.2, 0.25) is 0 Å². The largest absolute Gasteiger partial charge is 0.383 e. The van der Waals surface area contributed by atoms with Crippen LogP contribution in [0.3, 0.4) is 0 Å². The molecule has 0 bridgehead atoms. The molecule has 34 heavy (non-hydrogen) atoms. The molecule has 3 aromatic carbocycles. The van der Waals surface area contributed by atoms with E-state index in [2.05, 4.69) is 10.3 Å². The van der Waals surface area contributed by atoms with Gasteiger partial charge in [-0.3, -0.25) is 9.36 Å². The summed E-state index contributed by atoms with van der Waals surface area (Å²) in [6, 6.07) is 15.5. The molecule has 4 aromatic rings. The van der Waals surface area contributed by atoms with E-state index in [0.717, 1.165) is 6.07 Å². The van der Waals surface area contributed by atoms with E-state index in [0.29, 0.717) is 29.9 Å². The van der Waals surface area contributed by atoms with Gasteiger partial charge in [0.25, 0.3) is 5.91 Å². The number of benzene rings is 3. The molecule has 0 radical (unpaired) electrons. The Labute approximate surface area is 204 Å². The maximum atomic E-state index is 15.3. The minimum Gasteiger partial charge on any atom is -0.383 e. The topological polar surface area (TPSA) is 99.0 Å². The standard InChI is InChI=1S/C24H19Cl2F2N5O/c25-15-5-3-7-19(20(15)28)33-22(13-8-9-17(27)16(26)12-13)21(23(30)34)32-24(33)14-4-1-2-6-18(14)31-11-10-29/h1-9,12,31H,10-11,29H2,(H2,30,34). The first kappa shape index (κ1) is 23.7. The molecule has 0 unspecified atom stereocenters. The number of halogens is 4. The lowest BCUT2D eigenvalue weighted by molar-refractivity contribution is 0.0996. The van der Waals surface area contributed by atoms with Crippen LogP contribution in [0.2, 0.25) is 10.0 Å². The van der Waals surface area contributed by atoms with Gasteiger partial charge in [-0.15, -0.1) is 0 Å². The van der Waals surface area contributed by atoms with Crippen molar-refractivity contribution in [1.29, 1.82) is 0 Å². The van der Waals surface area contributed by atoms with Crippen LogP contribution in [-0.2, 0) is 0 Å². The zero-order valence-electron chi connectivity index (χ0n) is 17.7. The summed E-state index contributed by atoms with van der Waals surface area (Å²) in [5.41, 5.74) is 12.8. The summed E-state index contributed by atoms with van der Waals surface area (Å²) >= 11 is 12.1. The van der Waals surface area contributed by atoms with Gasteiger partial charge >= 0.3 is 0 Å². The average Bonchev–Trinajstić information content (AvgIpc) is 3.22. The van der Waals surface area contributed by atoms with Crippen molar-refractivity contribution in [2.24, 2.45) is 11.5 Å². The number of para-hydroxylation sites is 1. The molecular weight excluding hydrogens is 483 g/mol. The monoisotopic (exact) mass is 501 g/mol. The van der Waals surface area contributed by atoms with Crippen molar-refractivity contribution in [3.05, 3.63) is 88.0 Å². The van der Waals surface area contributed by atoms with Gasteiger partial charge in [0.05, 0.1) is 21.4 Å². The number of carbonyl (C=O) groups excluding carboxylic acids is 1. The van der Waals surface area contributed by atoms with Gasteiger partial charge in [0.1, 0.15) is 11.6 Å². The van der Waals surface area contributed by atoms with Gasteiger partial charge in [-0.2, -0.15) is 0 Å². The molecule has 1 heterocycles. The Kier molecular flexibility index (Phi) is 6.83. The smallest absolute Gasteiger partial charge is 0.269 e. The van der Waals surface area contributed by atoms with Crippen LogP contribution in [0.1, 0.15) is 10.5 Å². The average molecular weight is 502 g/mol. The first-order valence-electron chi connectivity index (χ1n) is 10.2. The van der Waals surface area contributed by atoms with Crippen LogP contribution in [0.5, 0.6) is 0 Å². The van der Waals surface area contributed by atoms with E-state index in [4.69, 9.17) is 34.7 Å². The molecule has 0 aliphatic carbocycles. The van der Waals surface area contributed by atoms with Gasteiger partial charge in [-0.25, -0.2) is 13.8 Å². The maximum absolute atomic E-state index is 15.3. The Balaban J connectivity index is 2.12. The molecule has 0 saturated carbocycles. The lowest BCUT2D eigenvalue weighted by atomic mass is 10.1. The third-order valence-electron chi connectivity index (χ3n) is 5.10. The van der Waals surface area contributed by atoms with Crippen molar-refractivity contribution in [2.75, 3.05) is 18.4 Å². The summed E-state index contributed by atoms with van der Waals surface area (Å²) in [5, 5.41) is 2.88. The summed E-state index contributed by atoms with van der Waals surface area (Å²) in [6.45, 7) is 0.837. The minimum atomic E-state index is -0.856. The van der Waals surface area contributed by atoms with E-state index in [9.17, 15) is 9.18 Å². The highest BCUT2D eigenvalue weighted by atomic mass is 35.5. The molecule has 0 saturated heterocycles. The van der Waals surface area contributed by atoms with Crippen molar-refractivity contribution in [3.8, 4) is 28.3 Å². The predicted molar refractivity (Wildman–Crippen MR) is 130 cm³/mol. The van der Waals surface area contributed by atoms with Gasteiger partial charge in [0, 0.05) is 29.9 Å². The highest BCUT2D eigenvalue weighted by Gasteiger charge is 2.27. The van der Waals surface area contributed by atoms with Crippen molar-refractivity contribution >= 4 is 34.8 Å². The third kappa shape index (κ3) is 4.35. The second-order valence-electron chi connectivity index (χ2n) is 7.30. The predicted octanol–water partition coefficient (Wildman–Crippen LogP) is 5.26. The molecule has 10 heteroatoms. The van der Waals surface area contributed by atoms with Crippen LogP contribution >= 0.6 is 23.2 Å². The van der Waals surface area contributed by atoms with Gasteiger partial charge in [-0.05, 0) is 42.5 Å². The first-order chi connectivity index (χ1) is 16.3. The van der Waals surface area contributed by atoms with E-state index in [-0.39, 0.29) is 32.9 Å². The number of anilines is 1. The molecule has 4 rings (SSSR count). The van der Waals surface area contributed by atoms with E-state index in [1.165, 1.54) is 28.8 Å². The lowest BCUT2D eigenvalue weighted by Crippen LogP contribution is -2.14. The molecule has 6 nitrogen and oxygen atoms in total. The van der Waals surface area contributed by atoms with Gasteiger partial charge in [-0.1, -0.05) is 41.4 Å². The van der Waals surface area contributed by atoms with Crippen LogP contribution in [0.25, 0.3) is 28.3 Å². The Bertz CT molecular complexity index is 1390. The molecule has 1 amide bonds. The Morgan fingerprint density at radius 1 is 1.03 bits per heavy atom. The number of carbonyl (C=O) groups is 1. The summed E-state index contributed by atoms with van der Waals surface area (Å²) in [4.78, 5) is 17.0. The molecule has 0 fully saturated rings. The van der Waals surface area contributed by atoms with Crippen molar-refractivity contribution in [2.45, 2.75) is 0 Å². The maximum Gasteiger partial charge on any atom is 0.269 e. The molecule has 1 aromatic heterocycles. The SMILES string of the molecule is NCCNc1ccccc1-c1nc(C(N)=O)c(-c2ccc(F)c(Cl)c2)n1-c1cccc(Cl)c1F. The molecule has 0 spiro atoms. The van der Waals surface area contributed by atoms with Crippen LogP contribution < -0.4 is 16.8 Å². The Morgan fingerprint density at radius 2 is 1.79 bits per heavy atom. The molecule has 0 atom stereocenters. The number of aromatic nitrogens is 2. The molecule has 0 aliphatic rings. The molecular formula is C24H19Cl2F2N5O. The highest BCUT2D eigenvalue weighted by Crippen LogP contribution is 2.38. The third-order valence-corrected chi connectivity index (χ3v) is 5.69. The van der Waals surface area contributed by atoms with Crippen LogP contribution in [0.15, 0.2) is 60.7 Å². The Hall–Kier alpha value is -3.46. The number of nitrogens with one attached hydrogen (secondary N) is 1. The summed E-state index contributed by atoms with van der Waals surface area (Å²) in [6.07, 6.45) is 0. The van der Waals surface area contributed by atoms with E-state index < -0.39 is 17.5 Å². The van der Waals surface area contributed by atoms with Crippen molar-refractivity contribution in [1.82, 2.24) is 9.55 Å². The van der Waals surface area contributed by atoms with Crippen molar-refractivity contribution in [3.63, 3.8) is 0 Å². The number of hydrogen-bond donors (Lipinski definition) is 3. The van der Waals surface area contributed by atoms with Crippen LogP contribution in [0.4, 0.5) is 14.5 Å². The second-order valence-corrected chi connectivity index (χ2v) is 8.11. The fourth-order valence-corrected chi connectivity index (χ4v) is 3.97. The van der Waals surface area contributed by atoms with Gasteiger partial charge < -0.3 is 16.8 Å². The number of nitrogens with zero attached hydrogens (tertiary/aromatic N) is 2. The van der Waals surface area contributed by atoms with E-state index in [1.54, 1.807) is 24.3 Å². The molecule has 174 valence electrons. The normalized spacial score (nSPS) is 11.0. The zero-order valence-corrected chi connectivity index (χ0v) is 19.2. The number of rotatable bonds is 7. The molecule has 5 N–H and O–H groups in total. The zero-order chi connectivity index (χ0) is 24.4. The lowest BCUT2D eigenvalue weighted by Gasteiger charge is -2.17. The first-order valence-corrected chi connectivity index (χ1v) is 10.9. The summed E-state index contributed by atoms with van der Waals surface area (Å²) < 4.78 is 30.7. The number of imidazole rings is 1. The van der Waals surface area contributed by atoms with E-state index in [1.807, 2.05) is 6.07 Å². The summed E-state index contributed by atoms with van der Waals surface area (Å²) in [5.74, 6) is -2.03. The van der Waals surface area contributed by atoms with Crippen LogP contribution in [-0.4, -0.2) is 28.5 Å². The minimum absolute atomic E-state index is 0.0200. The van der Waals surface area contributed by atoms with E-state index >= 15 is 4.39 Å². The summed E-state index contributed by atoms with van der Waals surface area (Å²) in [7, 11) is 0. The number of hydrogen-bond acceptors (Lipinski definition) is 4. The number of primary amides is 1. The quantitative estimate of drug-likeness (QED) is 0.321. The number of nitrogens with two attached hydrogens (primary N) is 2. The molecule has 0 aliphatic heterocycles. The Morgan fingerprint density at radius 3 is 2.50 bits per heavy atom. The van der Waals surface area contributed by atoms with Crippen molar-refractivity contribution < 1.29 is 13.6 Å². The fourth-order valence-electron chi connectivity index (χ4n) is 3.62. The van der Waals surface area contributed by atoms with Gasteiger partial charge in [0.15, 0.2) is 11.5 Å². The fraction of sp³-hybridized carbons (Fsp3) is 0.0833.